The summed E-state index contributed by atoms with van der Waals surface area (Å²) in [5.74, 6) is 0.943. The molecule has 0 aliphatic carbocycles. The van der Waals surface area contributed by atoms with Crippen molar-refractivity contribution in [3.8, 4) is 0 Å². The number of hydrogen-bond acceptors (Lipinski definition) is 2. The Morgan fingerprint density at radius 3 is 2.90 bits per heavy atom. The number of nitrogens with zero attached hydrogens (tertiary/aromatic N) is 2. The summed E-state index contributed by atoms with van der Waals surface area (Å²) in [6, 6.07) is 4.50. The molecule has 21 heavy (non-hydrogen) atoms. The first-order valence-corrected chi connectivity index (χ1v) is 8.46. The molecule has 3 rings (SSSR count). The molecule has 0 aromatic carbocycles. The van der Waals surface area contributed by atoms with Gasteiger partial charge in [-0.3, -0.25) is 4.79 Å². The third kappa shape index (κ3) is 3.15. The van der Waals surface area contributed by atoms with E-state index < -0.39 is 0 Å². The summed E-state index contributed by atoms with van der Waals surface area (Å²) in [7, 11) is 0. The highest BCUT2D eigenvalue weighted by atomic mass is 16.2. The lowest BCUT2D eigenvalue weighted by Crippen LogP contribution is -2.34. The summed E-state index contributed by atoms with van der Waals surface area (Å²) in [6.45, 7) is 6.22. The molecule has 0 saturated carbocycles. The van der Waals surface area contributed by atoms with E-state index in [9.17, 15) is 4.79 Å². The first kappa shape index (κ1) is 14.6. The van der Waals surface area contributed by atoms with E-state index in [2.05, 4.69) is 27.9 Å². The Hall–Kier alpha value is -1.29. The zero-order valence-electron chi connectivity index (χ0n) is 13.1. The molecule has 0 radical (unpaired) electrons. The molecule has 4 heteroatoms. The maximum Gasteiger partial charge on any atom is 0.270 e. The predicted octanol–water partition coefficient (Wildman–Crippen LogP) is 2.67. The standard InChI is InChI=1S/C17H27N3O/c1-2-4-14-8-12-19(13-14)17(21)16-5-3-11-20(16)15-6-9-18-10-7-15/h3,5,11,14-15,18H,2,4,6-10,12-13H2,1H3. The summed E-state index contributed by atoms with van der Waals surface area (Å²) in [5, 5.41) is 3.39. The molecule has 2 aliphatic heterocycles. The normalized spacial score (nSPS) is 23.7. The lowest BCUT2D eigenvalue weighted by atomic mass is 10.0. The number of aromatic nitrogens is 1. The Bertz CT molecular complexity index is 476. The quantitative estimate of drug-likeness (QED) is 0.925. The summed E-state index contributed by atoms with van der Waals surface area (Å²) >= 11 is 0. The first-order valence-electron chi connectivity index (χ1n) is 8.46. The maximum atomic E-state index is 12.8. The second kappa shape index (κ2) is 6.65. The fraction of sp³-hybridized carbons (Fsp3) is 0.706. The molecule has 1 aromatic rings. The van der Waals surface area contributed by atoms with Gasteiger partial charge in [-0.05, 0) is 56.8 Å². The minimum absolute atomic E-state index is 0.233. The van der Waals surface area contributed by atoms with E-state index in [0.717, 1.165) is 44.7 Å². The Kier molecular flexibility index (Phi) is 4.63. The van der Waals surface area contributed by atoms with Gasteiger partial charge in [0.1, 0.15) is 5.69 Å². The zero-order chi connectivity index (χ0) is 14.7. The fourth-order valence-electron chi connectivity index (χ4n) is 3.80. The van der Waals surface area contributed by atoms with Gasteiger partial charge in [0.25, 0.3) is 5.91 Å². The molecule has 1 aromatic heterocycles. The Labute approximate surface area is 127 Å². The maximum absolute atomic E-state index is 12.8. The van der Waals surface area contributed by atoms with Crippen LogP contribution in [-0.4, -0.2) is 41.6 Å². The van der Waals surface area contributed by atoms with Gasteiger partial charge in [0, 0.05) is 25.3 Å². The van der Waals surface area contributed by atoms with Crippen molar-refractivity contribution in [2.75, 3.05) is 26.2 Å². The molecule has 4 nitrogen and oxygen atoms in total. The highest BCUT2D eigenvalue weighted by Crippen LogP contribution is 2.25. The average Bonchev–Trinajstić information content (AvgIpc) is 3.17. The van der Waals surface area contributed by atoms with Crippen LogP contribution in [0.25, 0.3) is 0 Å². The molecule has 0 bridgehead atoms. The molecule has 0 spiro atoms. The largest absolute Gasteiger partial charge is 0.340 e. The number of piperidine rings is 1. The van der Waals surface area contributed by atoms with Gasteiger partial charge in [0.15, 0.2) is 0 Å². The van der Waals surface area contributed by atoms with Gasteiger partial charge in [-0.25, -0.2) is 0 Å². The smallest absolute Gasteiger partial charge is 0.270 e. The lowest BCUT2D eigenvalue weighted by molar-refractivity contribution is 0.0772. The van der Waals surface area contributed by atoms with Crippen LogP contribution in [0.2, 0.25) is 0 Å². The van der Waals surface area contributed by atoms with Crippen molar-refractivity contribution >= 4 is 5.91 Å². The van der Waals surface area contributed by atoms with Crippen molar-refractivity contribution < 1.29 is 4.79 Å². The first-order chi connectivity index (χ1) is 10.3. The van der Waals surface area contributed by atoms with E-state index >= 15 is 0 Å². The molecule has 3 heterocycles. The minimum Gasteiger partial charge on any atom is -0.340 e. The predicted molar refractivity (Wildman–Crippen MR) is 84.5 cm³/mol. The van der Waals surface area contributed by atoms with Crippen LogP contribution < -0.4 is 5.32 Å². The summed E-state index contributed by atoms with van der Waals surface area (Å²) < 4.78 is 2.22. The van der Waals surface area contributed by atoms with Gasteiger partial charge in [0.2, 0.25) is 0 Å². The van der Waals surface area contributed by atoms with Crippen LogP contribution in [0.5, 0.6) is 0 Å². The molecule has 2 saturated heterocycles. The highest BCUT2D eigenvalue weighted by Gasteiger charge is 2.29. The number of nitrogens with one attached hydrogen (secondary N) is 1. The SMILES string of the molecule is CCCC1CCN(C(=O)c2cccn2C2CCNCC2)C1. The van der Waals surface area contributed by atoms with Gasteiger partial charge in [-0.15, -0.1) is 0 Å². The molecule has 2 aliphatic rings. The van der Waals surface area contributed by atoms with Gasteiger partial charge < -0.3 is 14.8 Å². The topological polar surface area (TPSA) is 37.3 Å². The van der Waals surface area contributed by atoms with E-state index in [1.165, 1.54) is 19.3 Å². The molecule has 2 fully saturated rings. The number of hydrogen-bond donors (Lipinski definition) is 1. The third-order valence-corrected chi connectivity index (χ3v) is 4.97. The van der Waals surface area contributed by atoms with Crippen LogP contribution >= 0.6 is 0 Å². The summed E-state index contributed by atoms with van der Waals surface area (Å²) in [6.07, 6.45) is 7.97. The van der Waals surface area contributed by atoms with Crippen molar-refractivity contribution in [3.63, 3.8) is 0 Å². The van der Waals surface area contributed by atoms with Crippen molar-refractivity contribution in [2.45, 2.75) is 45.1 Å². The van der Waals surface area contributed by atoms with Crippen LogP contribution in [0, 0.1) is 5.92 Å². The van der Waals surface area contributed by atoms with Gasteiger partial charge in [0.05, 0.1) is 0 Å². The van der Waals surface area contributed by atoms with Crippen molar-refractivity contribution in [2.24, 2.45) is 5.92 Å². The number of rotatable bonds is 4. The van der Waals surface area contributed by atoms with Gasteiger partial charge in [-0.2, -0.15) is 0 Å². The molecule has 1 unspecified atom stereocenters. The fourth-order valence-corrected chi connectivity index (χ4v) is 3.80. The third-order valence-electron chi connectivity index (χ3n) is 4.97. The van der Waals surface area contributed by atoms with E-state index in [4.69, 9.17) is 0 Å². The van der Waals surface area contributed by atoms with Crippen LogP contribution in [0.4, 0.5) is 0 Å². The number of amides is 1. The molecule has 1 amide bonds. The second-order valence-corrected chi connectivity index (χ2v) is 6.48. The Morgan fingerprint density at radius 2 is 2.14 bits per heavy atom. The Balaban J connectivity index is 1.69. The van der Waals surface area contributed by atoms with Crippen LogP contribution in [0.3, 0.4) is 0 Å². The van der Waals surface area contributed by atoms with Gasteiger partial charge >= 0.3 is 0 Å². The van der Waals surface area contributed by atoms with Crippen LogP contribution in [0.15, 0.2) is 18.3 Å². The van der Waals surface area contributed by atoms with Crippen LogP contribution in [-0.2, 0) is 0 Å². The molecular formula is C17H27N3O. The molecular weight excluding hydrogens is 262 g/mol. The van der Waals surface area contributed by atoms with E-state index in [1.807, 2.05) is 12.1 Å². The van der Waals surface area contributed by atoms with E-state index in [0.29, 0.717) is 12.0 Å². The van der Waals surface area contributed by atoms with E-state index in [1.54, 1.807) is 0 Å². The Morgan fingerprint density at radius 1 is 1.33 bits per heavy atom. The monoisotopic (exact) mass is 289 g/mol. The second-order valence-electron chi connectivity index (χ2n) is 6.48. The zero-order valence-corrected chi connectivity index (χ0v) is 13.1. The molecule has 116 valence electrons. The van der Waals surface area contributed by atoms with Crippen molar-refractivity contribution in [3.05, 3.63) is 24.0 Å². The number of carbonyl (C=O) groups excluding carboxylic acids is 1. The van der Waals surface area contributed by atoms with Crippen molar-refractivity contribution in [1.29, 1.82) is 0 Å². The van der Waals surface area contributed by atoms with E-state index in [-0.39, 0.29) is 5.91 Å². The summed E-state index contributed by atoms with van der Waals surface area (Å²) in [4.78, 5) is 14.9. The number of likely N-dealkylation sites (tertiary alicyclic amines) is 1. The highest BCUT2D eigenvalue weighted by molar-refractivity contribution is 5.93. The van der Waals surface area contributed by atoms with Crippen LogP contribution in [0.1, 0.15) is 55.6 Å². The molecule has 1 N–H and O–H groups in total. The minimum atomic E-state index is 0.233. The van der Waals surface area contributed by atoms with Gasteiger partial charge in [-0.1, -0.05) is 13.3 Å². The average molecular weight is 289 g/mol. The molecule has 1 atom stereocenters. The lowest BCUT2D eigenvalue weighted by Gasteiger charge is -2.27. The summed E-state index contributed by atoms with van der Waals surface area (Å²) in [5.41, 5.74) is 0.888. The number of carbonyl (C=O) groups is 1. The van der Waals surface area contributed by atoms with Crippen molar-refractivity contribution in [1.82, 2.24) is 14.8 Å².